The molecule has 1 N–H and O–H groups in total. The molecule has 3 nitrogen and oxygen atoms in total. The van der Waals surface area contributed by atoms with E-state index in [-0.39, 0.29) is 12.0 Å². The highest BCUT2D eigenvalue weighted by atomic mass is 19.4. The maximum absolute atomic E-state index is 13.3. The summed E-state index contributed by atoms with van der Waals surface area (Å²) >= 11 is 0. The van der Waals surface area contributed by atoms with E-state index in [4.69, 9.17) is 4.42 Å². The molecule has 6 aromatic rings. The van der Waals surface area contributed by atoms with Crippen LogP contribution in [0.2, 0.25) is 0 Å². The lowest BCUT2D eigenvalue weighted by molar-refractivity contribution is -0.141. The van der Waals surface area contributed by atoms with Gasteiger partial charge in [0, 0.05) is 16.3 Å². The average molecular weight is 563 g/mol. The van der Waals surface area contributed by atoms with Crippen molar-refractivity contribution in [2.75, 3.05) is 0 Å². The van der Waals surface area contributed by atoms with E-state index in [9.17, 15) is 23.1 Å². The second-order valence-corrected chi connectivity index (χ2v) is 10.3. The summed E-state index contributed by atoms with van der Waals surface area (Å²) in [5, 5.41) is 12.4. The van der Waals surface area contributed by atoms with Gasteiger partial charge in [0.05, 0.1) is 5.56 Å². The van der Waals surface area contributed by atoms with Crippen molar-refractivity contribution in [3.05, 3.63) is 145 Å². The van der Waals surface area contributed by atoms with Crippen LogP contribution >= 0.6 is 0 Å². The van der Waals surface area contributed by atoms with Gasteiger partial charge in [0.2, 0.25) is 0 Å². The van der Waals surface area contributed by atoms with Crippen LogP contribution < -0.4 is 0 Å². The number of carboxylic acid groups (broad SMARTS) is 1. The van der Waals surface area contributed by atoms with Gasteiger partial charge in [-0.3, -0.25) is 4.79 Å². The number of aliphatic carboxylic acids is 1. The average Bonchev–Trinajstić information content (AvgIpc) is 3.39. The Morgan fingerprint density at radius 1 is 0.738 bits per heavy atom. The minimum absolute atomic E-state index is 0.181. The molecule has 0 saturated carbocycles. The van der Waals surface area contributed by atoms with E-state index in [0.29, 0.717) is 5.56 Å². The van der Waals surface area contributed by atoms with Crippen LogP contribution in [0, 0.1) is 0 Å². The molecular formula is C36H25F3O3. The Labute approximate surface area is 240 Å². The molecule has 1 atom stereocenters. The highest BCUT2D eigenvalue weighted by molar-refractivity contribution is 6.10. The number of rotatable bonds is 7. The number of hydrogen-bond donors (Lipinski definition) is 1. The topological polar surface area (TPSA) is 50.4 Å². The quantitative estimate of drug-likeness (QED) is 0.197. The molecular weight excluding hydrogens is 537 g/mol. The molecule has 0 bridgehead atoms. The molecule has 1 aromatic heterocycles. The van der Waals surface area contributed by atoms with Crippen LogP contribution in [-0.2, 0) is 22.8 Å². The van der Waals surface area contributed by atoms with Crippen molar-refractivity contribution in [2.45, 2.75) is 18.0 Å². The molecule has 0 aliphatic heterocycles. The first-order chi connectivity index (χ1) is 20.2. The number of hydrogen-bond acceptors (Lipinski definition) is 2. The Hall–Kier alpha value is -5.10. The first-order valence-electron chi connectivity index (χ1n) is 13.3. The van der Waals surface area contributed by atoms with Gasteiger partial charge in [0.1, 0.15) is 16.6 Å². The van der Waals surface area contributed by atoms with E-state index >= 15 is 0 Å². The second kappa shape index (κ2) is 10.4. The number of para-hydroxylation sites is 2. The van der Waals surface area contributed by atoms with Crippen LogP contribution in [-0.4, -0.2) is 11.1 Å². The number of furan rings is 1. The minimum Gasteiger partial charge on any atom is -0.480 e. The third kappa shape index (κ3) is 4.65. The Kier molecular flexibility index (Phi) is 6.70. The van der Waals surface area contributed by atoms with Crippen molar-refractivity contribution in [3.63, 3.8) is 0 Å². The fourth-order valence-corrected chi connectivity index (χ4v) is 5.63. The molecule has 42 heavy (non-hydrogen) atoms. The largest absolute Gasteiger partial charge is 0.480 e. The number of benzene rings is 5. The van der Waals surface area contributed by atoms with Crippen LogP contribution in [0.5, 0.6) is 0 Å². The SMILES string of the molecule is C=CC(Cc1cccc(C(F)(F)F)c1)(C(=O)O)c1ccc(-c2ccccc2-c2cccc3c2oc2ccccc23)cc1. The van der Waals surface area contributed by atoms with E-state index in [1.165, 1.54) is 18.2 Å². The highest BCUT2D eigenvalue weighted by Crippen LogP contribution is 2.41. The minimum atomic E-state index is -4.53. The Bertz CT molecular complexity index is 1950. The molecule has 6 heteroatoms. The predicted octanol–water partition coefficient (Wildman–Crippen LogP) is 9.69. The zero-order chi connectivity index (χ0) is 29.5. The molecule has 6 rings (SSSR count). The van der Waals surface area contributed by atoms with Crippen LogP contribution in [0.15, 0.2) is 132 Å². The van der Waals surface area contributed by atoms with E-state index in [1.807, 2.05) is 78.9 Å². The molecule has 5 aromatic carbocycles. The normalized spacial score (nSPS) is 13.2. The molecule has 1 heterocycles. The summed E-state index contributed by atoms with van der Waals surface area (Å²) in [6.07, 6.45) is -3.42. The third-order valence-electron chi connectivity index (χ3n) is 7.80. The Morgan fingerprint density at radius 2 is 1.38 bits per heavy atom. The van der Waals surface area contributed by atoms with Gasteiger partial charge in [-0.2, -0.15) is 13.2 Å². The van der Waals surface area contributed by atoms with Crippen LogP contribution in [0.3, 0.4) is 0 Å². The molecule has 1 unspecified atom stereocenters. The van der Waals surface area contributed by atoms with Crippen LogP contribution in [0.4, 0.5) is 13.2 Å². The van der Waals surface area contributed by atoms with Gasteiger partial charge in [-0.15, -0.1) is 6.58 Å². The molecule has 0 aliphatic carbocycles. The van der Waals surface area contributed by atoms with Gasteiger partial charge in [0.25, 0.3) is 0 Å². The summed E-state index contributed by atoms with van der Waals surface area (Å²) in [7, 11) is 0. The lowest BCUT2D eigenvalue weighted by atomic mass is 9.75. The van der Waals surface area contributed by atoms with Crippen molar-refractivity contribution >= 4 is 27.9 Å². The van der Waals surface area contributed by atoms with Crippen molar-refractivity contribution in [1.29, 1.82) is 0 Å². The molecule has 0 fully saturated rings. The van der Waals surface area contributed by atoms with Gasteiger partial charge in [-0.25, -0.2) is 0 Å². The predicted molar refractivity (Wildman–Crippen MR) is 159 cm³/mol. The first kappa shape index (κ1) is 27.1. The molecule has 0 spiro atoms. The van der Waals surface area contributed by atoms with E-state index in [0.717, 1.165) is 56.3 Å². The lowest BCUT2D eigenvalue weighted by Crippen LogP contribution is -2.36. The maximum Gasteiger partial charge on any atom is 0.416 e. The van der Waals surface area contributed by atoms with Gasteiger partial charge in [0.15, 0.2) is 0 Å². The van der Waals surface area contributed by atoms with Crippen LogP contribution in [0.25, 0.3) is 44.2 Å². The number of alkyl halides is 3. The summed E-state index contributed by atoms with van der Waals surface area (Å²) in [6, 6.07) is 33.7. The Morgan fingerprint density at radius 3 is 2.10 bits per heavy atom. The summed E-state index contributed by atoms with van der Waals surface area (Å²) in [5.74, 6) is -1.19. The lowest BCUT2D eigenvalue weighted by Gasteiger charge is -2.27. The molecule has 0 aliphatic rings. The third-order valence-corrected chi connectivity index (χ3v) is 7.80. The zero-order valence-electron chi connectivity index (χ0n) is 22.4. The van der Waals surface area contributed by atoms with Crippen molar-refractivity contribution in [2.24, 2.45) is 0 Å². The Balaban J connectivity index is 1.41. The van der Waals surface area contributed by atoms with E-state index in [1.54, 1.807) is 12.1 Å². The first-order valence-corrected chi connectivity index (χ1v) is 13.3. The summed E-state index contributed by atoms with van der Waals surface area (Å²) < 4.78 is 46.2. The van der Waals surface area contributed by atoms with E-state index < -0.39 is 23.1 Å². The zero-order valence-corrected chi connectivity index (χ0v) is 22.4. The standard InChI is InChI=1S/C36H25F3O3/c1-2-35(34(40)41,22-23-9-7-10-26(21-23)36(37,38)39)25-19-17-24(18-20-25)27-11-3-4-12-28(27)30-14-8-15-31-29-13-5-6-16-32(29)42-33(30)31/h2-21H,1,22H2,(H,40,41). The smallest absolute Gasteiger partial charge is 0.416 e. The fourth-order valence-electron chi connectivity index (χ4n) is 5.63. The van der Waals surface area contributed by atoms with Gasteiger partial charge in [-0.05, 0) is 46.4 Å². The van der Waals surface area contributed by atoms with Crippen molar-refractivity contribution in [1.82, 2.24) is 0 Å². The summed E-state index contributed by atoms with van der Waals surface area (Å²) in [4.78, 5) is 12.6. The summed E-state index contributed by atoms with van der Waals surface area (Å²) in [5.41, 5.74) is 3.46. The second-order valence-electron chi connectivity index (χ2n) is 10.3. The van der Waals surface area contributed by atoms with Crippen LogP contribution in [0.1, 0.15) is 16.7 Å². The number of halogens is 3. The number of fused-ring (bicyclic) bond motifs is 3. The molecule has 0 amide bonds. The maximum atomic E-state index is 13.3. The van der Waals surface area contributed by atoms with Crippen molar-refractivity contribution in [3.8, 4) is 22.3 Å². The number of carbonyl (C=O) groups is 1. The van der Waals surface area contributed by atoms with E-state index in [2.05, 4.69) is 6.58 Å². The molecule has 208 valence electrons. The fraction of sp³-hybridized carbons (Fsp3) is 0.0833. The van der Waals surface area contributed by atoms with Crippen molar-refractivity contribution < 1.29 is 27.5 Å². The van der Waals surface area contributed by atoms with Gasteiger partial charge >= 0.3 is 12.1 Å². The number of carboxylic acids is 1. The molecule has 0 saturated heterocycles. The monoisotopic (exact) mass is 562 g/mol. The highest BCUT2D eigenvalue weighted by Gasteiger charge is 2.38. The van der Waals surface area contributed by atoms with Gasteiger partial charge < -0.3 is 9.52 Å². The molecule has 0 radical (unpaired) electrons. The van der Waals surface area contributed by atoms with Gasteiger partial charge in [-0.1, -0.05) is 109 Å². The summed E-state index contributed by atoms with van der Waals surface area (Å²) in [6.45, 7) is 3.77.